The zero-order valence-electron chi connectivity index (χ0n) is 10.8. The first-order valence-corrected chi connectivity index (χ1v) is 6.67. The van der Waals surface area contributed by atoms with Crippen LogP contribution in [0, 0.1) is 6.92 Å². The van der Waals surface area contributed by atoms with E-state index >= 15 is 0 Å². The summed E-state index contributed by atoms with van der Waals surface area (Å²) in [6.07, 6.45) is 23.0. The maximum absolute atomic E-state index is 3.79. The van der Waals surface area contributed by atoms with E-state index in [2.05, 4.69) is 50.3 Å². The summed E-state index contributed by atoms with van der Waals surface area (Å²) in [5, 5.41) is 0. The molecule has 0 aromatic carbocycles. The van der Waals surface area contributed by atoms with Gasteiger partial charge >= 0.3 is 0 Å². The van der Waals surface area contributed by atoms with Gasteiger partial charge in [0.2, 0.25) is 0 Å². The molecule has 0 fully saturated rings. The molecule has 1 radical (unpaired) electrons. The average molecular weight is 219 g/mol. The fourth-order valence-electron chi connectivity index (χ4n) is 1.41. The maximum atomic E-state index is 3.79. The second kappa shape index (κ2) is 14.2. The Bertz CT molecular complexity index is 196. The van der Waals surface area contributed by atoms with Gasteiger partial charge in [-0.3, -0.25) is 0 Å². The van der Waals surface area contributed by atoms with Crippen molar-refractivity contribution in [1.29, 1.82) is 0 Å². The molecule has 0 aliphatic rings. The van der Waals surface area contributed by atoms with Gasteiger partial charge in [-0.25, -0.2) is 0 Å². The molecule has 0 unspecified atom stereocenters. The van der Waals surface area contributed by atoms with E-state index in [1.807, 2.05) is 0 Å². The van der Waals surface area contributed by atoms with Crippen molar-refractivity contribution in [2.75, 3.05) is 0 Å². The minimum Gasteiger partial charge on any atom is -0.0885 e. The molecule has 0 atom stereocenters. The van der Waals surface area contributed by atoms with E-state index in [9.17, 15) is 0 Å². The highest BCUT2D eigenvalue weighted by molar-refractivity contribution is 5.02. The van der Waals surface area contributed by atoms with Crippen LogP contribution in [0.2, 0.25) is 0 Å². The van der Waals surface area contributed by atoms with Crippen LogP contribution in [0.25, 0.3) is 0 Å². The molecule has 0 heterocycles. The van der Waals surface area contributed by atoms with E-state index in [1.54, 1.807) is 0 Å². The van der Waals surface area contributed by atoms with Crippen LogP contribution < -0.4 is 0 Å². The minimum atomic E-state index is 0.991. The molecule has 0 nitrogen and oxygen atoms in total. The van der Waals surface area contributed by atoms with E-state index in [0.717, 1.165) is 19.3 Å². The Kier molecular flexibility index (Phi) is 13.5. The lowest BCUT2D eigenvalue weighted by Gasteiger charge is -1.91. The lowest BCUT2D eigenvalue weighted by Crippen LogP contribution is -1.71. The summed E-state index contributed by atoms with van der Waals surface area (Å²) in [5.74, 6) is 0. The van der Waals surface area contributed by atoms with E-state index < -0.39 is 0 Å². The first-order chi connectivity index (χ1) is 7.91. The fraction of sp³-hybridized carbons (Fsp3) is 0.562. The summed E-state index contributed by atoms with van der Waals surface area (Å²) in [4.78, 5) is 0. The molecule has 0 rings (SSSR count). The van der Waals surface area contributed by atoms with Gasteiger partial charge in [0.1, 0.15) is 0 Å². The number of allylic oxidation sites excluding steroid dienone is 6. The Morgan fingerprint density at radius 1 is 0.750 bits per heavy atom. The van der Waals surface area contributed by atoms with Crippen molar-refractivity contribution < 1.29 is 0 Å². The highest BCUT2D eigenvalue weighted by atomic mass is 13.9. The quantitative estimate of drug-likeness (QED) is 0.254. The van der Waals surface area contributed by atoms with E-state index in [0.29, 0.717) is 0 Å². The summed E-state index contributed by atoms with van der Waals surface area (Å²) in [6.45, 7) is 6.04. The van der Waals surface area contributed by atoms with Crippen molar-refractivity contribution in [2.24, 2.45) is 0 Å². The predicted octanol–water partition coefficient (Wildman–Crippen LogP) is 5.63. The highest BCUT2D eigenvalue weighted by Crippen LogP contribution is 2.01. The highest BCUT2D eigenvalue weighted by Gasteiger charge is 1.81. The van der Waals surface area contributed by atoms with Gasteiger partial charge in [0, 0.05) is 0 Å². The van der Waals surface area contributed by atoms with Crippen LogP contribution in [-0.2, 0) is 0 Å². The zero-order chi connectivity index (χ0) is 11.9. The smallest absolute Gasteiger partial charge is 0.0313 e. The Hall–Kier alpha value is -0.780. The zero-order valence-corrected chi connectivity index (χ0v) is 10.8. The van der Waals surface area contributed by atoms with E-state index in [1.165, 1.54) is 32.1 Å². The summed E-state index contributed by atoms with van der Waals surface area (Å²) in [7, 11) is 0. The summed E-state index contributed by atoms with van der Waals surface area (Å²) < 4.78 is 0. The van der Waals surface area contributed by atoms with Gasteiger partial charge in [-0.05, 0) is 38.5 Å². The molecule has 0 saturated carbocycles. The van der Waals surface area contributed by atoms with Crippen molar-refractivity contribution in [3.63, 3.8) is 0 Å². The monoisotopic (exact) mass is 219 g/mol. The molecule has 0 aliphatic heterocycles. The van der Waals surface area contributed by atoms with Gasteiger partial charge in [0.05, 0.1) is 0 Å². The molecular formula is C16H27. The van der Waals surface area contributed by atoms with Gasteiger partial charge in [0.25, 0.3) is 0 Å². The molecule has 0 bridgehead atoms. The van der Waals surface area contributed by atoms with Crippen molar-refractivity contribution in [2.45, 2.75) is 58.3 Å². The number of unbranched alkanes of at least 4 members (excludes halogenated alkanes) is 5. The van der Waals surface area contributed by atoms with Crippen molar-refractivity contribution in [3.8, 4) is 0 Å². The van der Waals surface area contributed by atoms with Crippen molar-refractivity contribution in [1.82, 2.24) is 0 Å². The molecule has 0 amide bonds. The van der Waals surface area contributed by atoms with Crippen molar-refractivity contribution >= 4 is 0 Å². The first-order valence-electron chi connectivity index (χ1n) is 6.67. The van der Waals surface area contributed by atoms with E-state index in [4.69, 9.17) is 0 Å². The van der Waals surface area contributed by atoms with Crippen LogP contribution >= 0.6 is 0 Å². The molecule has 0 aliphatic carbocycles. The van der Waals surface area contributed by atoms with E-state index in [-0.39, 0.29) is 0 Å². The second-order valence-corrected chi connectivity index (χ2v) is 4.04. The Labute approximate surface area is 102 Å². The SMILES string of the molecule is [CH2]CC/C=C/C=C\CC/C=C\CCCCC. The topological polar surface area (TPSA) is 0 Å². The lowest BCUT2D eigenvalue weighted by atomic mass is 10.2. The van der Waals surface area contributed by atoms with Crippen LogP contribution in [-0.4, -0.2) is 0 Å². The second-order valence-electron chi connectivity index (χ2n) is 4.04. The Morgan fingerprint density at radius 3 is 2.06 bits per heavy atom. The first kappa shape index (κ1) is 15.2. The molecule has 0 N–H and O–H groups in total. The molecule has 0 aromatic rings. The summed E-state index contributed by atoms with van der Waals surface area (Å²) in [6, 6.07) is 0. The normalized spacial score (nSPS) is 12.4. The predicted molar refractivity (Wildman–Crippen MR) is 75.4 cm³/mol. The summed E-state index contributed by atoms with van der Waals surface area (Å²) in [5.41, 5.74) is 0. The largest absolute Gasteiger partial charge is 0.0885 e. The molecule has 0 spiro atoms. The number of hydrogen-bond acceptors (Lipinski definition) is 0. The van der Waals surface area contributed by atoms with Crippen LogP contribution in [0.4, 0.5) is 0 Å². The molecule has 16 heavy (non-hydrogen) atoms. The standard InChI is InChI=1S/C16H27/c1-3-5-7-9-11-13-15-16-14-12-10-8-6-4-2/h7,9,11-14H,1,3-6,8,10,15-16H2,2H3/b9-7+,13-11-,14-12-. The van der Waals surface area contributed by atoms with Gasteiger partial charge in [-0.1, -0.05) is 63.1 Å². The van der Waals surface area contributed by atoms with Gasteiger partial charge < -0.3 is 0 Å². The fourth-order valence-corrected chi connectivity index (χ4v) is 1.41. The van der Waals surface area contributed by atoms with Gasteiger partial charge in [0.15, 0.2) is 0 Å². The van der Waals surface area contributed by atoms with Crippen LogP contribution in [0.15, 0.2) is 36.5 Å². The lowest BCUT2D eigenvalue weighted by molar-refractivity contribution is 0.728. The minimum absolute atomic E-state index is 0.991. The third kappa shape index (κ3) is 13.2. The molecule has 0 heteroatoms. The van der Waals surface area contributed by atoms with Crippen molar-refractivity contribution in [3.05, 3.63) is 43.4 Å². The Balaban J connectivity index is 3.25. The third-order valence-electron chi connectivity index (χ3n) is 2.40. The number of hydrogen-bond donors (Lipinski definition) is 0. The van der Waals surface area contributed by atoms with Crippen LogP contribution in [0.1, 0.15) is 58.3 Å². The third-order valence-corrected chi connectivity index (χ3v) is 2.40. The molecule has 0 saturated heterocycles. The Morgan fingerprint density at radius 2 is 1.38 bits per heavy atom. The average Bonchev–Trinajstić information content (AvgIpc) is 2.31. The van der Waals surface area contributed by atoms with Gasteiger partial charge in [-0.15, -0.1) is 0 Å². The molecular weight excluding hydrogens is 192 g/mol. The maximum Gasteiger partial charge on any atom is -0.0313 e. The molecule has 0 aromatic heterocycles. The van der Waals surface area contributed by atoms with Crippen LogP contribution in [0.3, 0.4) is 0 Å². The summed E-state index contributed by atoms with van der Waals surface area (Å²) >= 11 is 0. The number of rotatable bonds is 10. The van der Waals surface area contributed by atoms with Gasteiger partial charge in [-0.2, -0.15) is 0 Å². The van der Waals surface area contributed by atoms with Crippen LogP contribution in [0.5, 0.6) is 0 Å². The molecule has 91 valence electrons.